The Bertz CT molecular complexity index is 1000. The summed E-state index contributed by atoms with van der Waals surface area (Å²) in [7, 11) is 0. The van der Waals surface area contributed by atoms with Crippen molar-refractivity contribution < 1.29 is 0 Å². The molecule has 29 heavy (non-hydrogen) atoms. The molecule has 0 unspecified atom stereocenters. The molecule has 7 heteroatoms. The number of nitrogens with zero attached hydrogens (tertiary/aromatic N) is 3. The number of hydrogen-bond donors (Lipinski definition) is 2. The van der Waals surface area contributed by atoms with E-state index in [0.29, 0.717) is 17.1 Å². The van der Waals surface area contributed by atoms with E-state index < -0.39 is 0 Å². The summed E-state index contributed by atoms with van der Waals surface area (Å²) in [6.07, 6.45) is 0. The topological polar surface area (TPSA) is 62.7 Å². The van der Waals surface area contributed by atoms with Gasteiger partial charge in [-0.1, -0.05) is 76.2 Å². The van der Waals surface area contributed by atoms with Crippen molar-refractivity contribution in [1.29, 1.82) is 0 Å². The van der Waals surface area contributed by atoms with E-state index in [2.05, 4.69) is 53.6 Å². The lowest BCUT2D eigenvalue weighted by Gasteiger charge is -2.10. The van der Waals surface area contributed by atoms with Crippen LogP contribution in [-0.2, 0) is 5.75 Å². The summed E-state index contributed by atoms with van der Waals surface area (Å²) in [4.78, 5) is 13.7. The third-order valence-corrected chi connectivity index (χ3v) is 5.40. The van der Waals surface area contributed by atoms with E-state index >= 15 is 0 Å². The maximum absolute atomic E-state index is 4.58. The molecule has 0 aliphatic rings. The monoisotopic (exact) mass is 463 g/mol. The van der Waals surface area contributed by atoms with Crippen LogP contribution in [0.15, 0.2) is 94.6 Å². The van der Waals surface area contributed by atoms with Gasteiger partial charge in [0.2, 0.25) is 11.9 Å². The summed E-state index contributed by atoms with van der Waals surface area (Å²) < 4.78 is 1.06. The fraction of sp³-hybridized carbons (Fsp3) is 0.0455. The number of rotatable bonds is 7. The molecule has 0 aliphatic heterocycles. The predicted molar refractivity (Wildman–Crippen MR) is 123 cm³/mol. The lowest BCUT2D eigenvalue weighted by molar-refractivity contribution is 0.920. The first-order chi connectivity index (χ1) is 14.2. The lowest BCUT2D eigenvalue weighted by Crippen LogP contribution is -2.05. The number of para-hydroxylation sites is 2. The fourth-order valence-corrected chi connectivity index (χ4v) is 3.62. The van der Waals surface area contributed by atoms with Gasteiger partial charge in [0.1, 0.15) is 0 Å². The van der Waals surface area contributed by atoms with Gasteiger partial charge >= 0.3 is 0 Å². The molecule has 1 aromatic heterocycles. The van der Waals surface area contributed by atoms with Gasteiger partial charge in [0.15, 0.2) is 5.16 Å². The summed E-state index contributed by atoms with van der Waals surface area (Å²) >= 11 is 5.04. The van der Waals surface area contributed by atoms with Crippen LogP contribution in [0.25, 0.3) is 0 Å². The Kier molecular flexibility index (Phi) is 6.38. The zero-order valence-electron chi connectivity index (χ0n) is 15.4. The highest BCUT2D eigenvalue weighted by Crippen LogP contribution is 2.24. The molecule has 3 aromatic carbocycles. The van der Waals surface area contributed by atoms with Crippen LogP contribution in [0.2, 0.25) is 0 Å². The Morgan fingerprint density at radius 1 is 0.655 bits per heavy atom. The summed E-state index contributed by atoms with van der Waals surface area (Å²) in [5, 5.41) is 7.16. The van der Waals surface area contributed by atoms with E-state index in [1.807, 2.05) is 72.8 Å². The van der Waals surface area contributed by atoms with Crippen molar-refractivity contribution in [2.75, 3.05) is 10.6 Å². The number of thioether (sulfide) groups is 1. The molecular weight excluding hydrogens is 446 g/mol. The number of anilines is 4. The standard InChI is InChI=1S/C22H18BrN5S/c23-17-13-11-16(12-14-17)15-29-22-27-20(24-18-7-3-1-4-8-18)26-21(28-22)25-19-9-5-2-6-10-19/h1-14H,15H2,(H2,24,25,26,27,28). The number of benzene rings is 3. The SMILES string of the molecule is Brc1ccc(CSc2nc(Nc3ccccc3)nc(Nc3ccccc3)n2)cc1. The molecule has 4 rings (SSSR count). The maximum atomic E-state index is 4.58. The van der Waals surface area contributed by atoms with Crippen LogP contribution >= 0.6 is 27.7 Å². The highest BCUT2D eigenvalue weighted by Gasteiger charge is 2.09. The summed E-state index contributed by atoms with van der Waals surface area (Å²) in [6, 6.07) is 28.0. The van der Waals surface area contributed by atoms with Gasteiger partial charge in [-0.3, -0.25) is 0 Å². The second kappa shape index (κ2) is 9.54. The van der Waals surface area contributed by atoms with Crippen molar-refractivity contribution in [2.45, 2.75) is 10.9 Å². The molecule has 0 atom stereocenters. The zero-order chi connectivity index (χ0) is 19.9. The molecule has 5 nitrogen and oxygen atoms in total. The average molecular weight is 464 g/mol. The Hall–Kier alpha value is -2.90. The number of halogens is 1. The number of nitrogens with one attached hydrogen (secondary N) is 2. The van der Waals surface area contributed by atoms with Gasteiger partial charge in [0.05, 0.1) is 0 Å². The summed E-state index contributed by atoms with van der Waals surface area (Å²) in [5.74, 6) is 1.78. The van der Waals surface area contributed by atoms with Crippen molar-refractivity contribution in [3.8, 4) is 0 Å². The zero-order valence-corrected chi connectivity index (χ0v) is 17.8. The highest BCUT2D eigenvalue weighted by molar-refractivity contribution is 9.10. The van der Waals surface area contributed by atoms with Gasteiger partial charge < -0.3 is 10.6 Å². The number of hydrogen-bond acceptors (Lipinski definition) is 6. The molecule has 0 radical (unpaired) electrons. The average Bonchev–Trinajstić information content (AvgIpc) is 2.75. The van der Waals surface area contributed by atoms with E-state index in [1.165, 1.54) is 5.56 Å². The molecule has 0 amide bonds. The fourth-order valence-electron chi connectivity index (χ4n) is 2.56. The minimum Gasteiger partial charge on any atom is -0.324 e. The van der Waals surface area contributed by atoms with Crippen LogP contribution in [0, 0.1) is 0 Å². The van der Waals surface area contributed by atoms with E-state index in [-0.39, 0.29) is 0 Å². The van der Waals surface area contributed by atoms with E-state index in [9.17, 15) is 0 Å². The summed E-state index contributed by atoms with van der Waals surface area (Å²) in [6.45, 7) is 0. The van der Waals surface area contributed by atoms with Crippen molar-refractivity contribution in [3.05, 3.63) is 95.0 Å². The van der Waals surface area contributed by atoms with Crippen molar-refractivity contribution in [2.24, 2.45) is 0 Å². The third-order valence-electron chi connectivity index (χ3n) is 3.96. The second-order valence-electron chi connectivity index (χ2n) is 6.16. The molecule has 0 fully saturated rings. The maximum Gasteiger partial charge on any atom is 0.233 e. The van der Waals surface area contributed by atoms with Crippen molar-refractivity contribution >= 4 is 51.0 Å². The predicted octanol–water partition coefficient (Wildman–Crippen LogP) is 6.41. The molecule has 0 aliphatic carbocycles. The highest BCUT2D eigenvalue weighted by atomic mass is 79.9. The van der Waals surface area contributed by atoms with Crippen LogP contribution in [0.1, 0.15) is 5.56 Å². The van der Waals surface area contributed by atoms with Crippen LogP contribution in [0.5, 0.6) is 0 Å². The largest absolute Gasteiger partial charge is 0.324 e. The second-order valence-corrected chi connectivity index (χ2v) is 8.02. The van der Waals surface area contributed by atoms with Gasteiger partial charge in [0, 0.05) is 21.6 Å². The first kappa shape index (κ1) is 19.4. The molecule has 144 valence electrons. The lowest BCUT2D eigenvalue weighted by atomic mass is 10.2. The Morgan fingerprint density at radius 2 is 1.17 bits per heavy atom. The normalized spacial score (nSPS) is 10.5. The van der Waals surface area contributed by atoms with Gasteiger partial charge in [0.25, 0.3) is 0 Å². The van der Waals surface area contributed by atoms with Crippen LogP contribution in [0.3, 0.4) is 0 Å². The smallest absolute Gasteiger partial charge is 0.233 e. The molecule has 4 aromatic rings. The van der Waals surface area contributed by atoms with Gasteiger partial charge in [-0.15, -0.1) is 0 Å². The van der Waals surface area contributed by atoms with Gasteiger partial charge in [-0.2, -0.15) is 15.0 Å². The van der Waals surface area contributed by atoms with Crippen LogP contribution < -0.4 is 10.6 Å². The molecule has 0 spiro atoms. The minimum absolute atomic E-state index is 0.503. The molecule has 0 saturated heterocycles. The molecule has 1 heterocycles. The first-order valence-corrected chi connectivity index (χ1v) is 10.8. The summed E-state index contributed by atoms with van der Waals surface area (Å²) in [5.41, 5.74) is 3.05. The third kappa shape index (κ3) is 5.79. The molecule has 2 N–H and O–H groups in total. The van der Waals surface area contributed by atoms with Gasteiger partial charge in [-0.25, -0.2) is 0 Å². The van der Waals surface area contributed by atoms with Crippen LogP contribution in [0.4, 0.5) is 23.3 Å². The van der Waals surface area contributed by atoms with E-state index in [4.69, 9.17) is 0 Å². The molecule has 0 bridgehead atoms. The Labute approximate surface area is 182 Å². The Balaban J connectivity index is 1.57. The van der Waals surface area contributed by atoms with Gasteiger partial charge in [-0.05, 0) is 42.0 Å². The first-order valence-electron chi connectivity index (χ1n) is 9.02. The van der Waals surface area contributed by atoms with Crippen molar-refractivity contribution in [3.63, 3.8) is 0 Å². The Morgan fingerprint density at radius 3 is 1.69 bits per heavy atom. The van der Waals surface area contributed by atoms with E-state index in [0.717, 1.165) is 21.6 Å². The minimum atomic E-state index is 0.503. The molecular formula is C22H18BrN5S. The number of aromatic nitrogens is 3. The van der Waals surface area contributed by atoms with E-state index in [1.54, 1.807) is 11.8 Å². The van der Waals surface area contributed by atoms with Crippen molar-refractivity contribution in [1.82, 2.24) is 15.0 Å². The quantitative estimate of drug-likeness (QED) is 0.308. The van der Waals surface area contributed by atoms with Crippen LogP contribution in [-0.4, -0.2) is 15.0 Å². The molecule has 0 saturated carbocycles.